The number of ether oxygens (including phenoxy) is 1. The van der Waals surface area contributed by atoms with Crippen LogP contribution in [0.15, 0.2) is 60.8 Å². The Balaban J connectivity index is 1.71. The van der Waals surface area contributed by atoms with Crippen LogP contribution >= 0.6 is 0 Å². The van der Waals surface area contributed by atoms with Crippen LogP contribution in [0.2, 0.25) is 0 Å². The second-order valence-electron chi connectivity index (χ2n) is 6.50. The van der Waals surface area contributed by atoms with E-state index < -0.39 is 0 Å². The van der Waals surface area contributed by atoms with Gasteiger partial charge in [0.05, 0.1) is 24.1 Å². The lowest BCUT2D eigenvalue weighted by Crippen LogP contribution is -2.16. The van der Waals surface area contributed by atoms with Gasteiger partial charge in [-0.05, 0) is 43.7 Å². The number of aromatic nitrogens is 3. The van der Waals surface area contributed by atoms with Crippen molar-refractivity contribution in [2.24, 2.45) is 0 Å². The number of fused-ring (bicyclic) bond motifs is 1. The smallest absolute Gasteiger partial charge is 0.259 e. The zero-order chi connectivity index (χ0) is 19.7. The molecule has 0 atom stereocenters. The maximum absolute atomic E-state index is 12.8. The standard InChI is InChI=1S/C22H20N4O2/c1-14-20(16-7-5-4-6-8-16)21-23-13-19(15(2)26(21)25-14)22(27)24-17-9-11-18(28-3)12-10-17/h4-13H,1-3H3,(H,24,27). The molecule has 4 aromatic rings. The molecule has 0 fully saturated rings. The number of carbonyl (C=O) groups is 1. The minimum absolute atomic E-state index is 0.230. The van der Waals surface area contributed by atoms with E-state index in [1.807, 2.05) is 44.2 Å². The molecule has 0 aliphatic heterocycles. The predicted octanol–water partition coefficient (Wildman–Crippen LogP) is 4.27. The van der Waals surface area contributed by atoms with E-state index >= 15 is 0 Å². The summed E-state index contributed by atoms with van der Waals surface area (Å²) in [6.07, 6.45) is 1.61. The normalized spacial score (nSPS) is 10.8. The molecule has 4 rings (SSSR count). The van der Waals surface area contributed by atoms with Crippen LogP contribution in [0.5, 0.6) is 5.75 Å². The number of nitrogens with zero attached hydrogens (tertiary/aromatic N) is 3. The average molecular weight is 372 g/mol. The summed E-state index contributed by atoms with van der Waals surface area (Å²) in [5.74, 6) is 0.504. The first-order valence-electron chi connectivity index (χ1n) is 8.94. The Kier molecular flexibility index (Phi) is 4.53. The quantitative estimate of drug-likeness (QED) is 0.581. The number of anilines is 1. The van der Waals surface area contributed by atoms with Crippen molar-refractivity contribution in [2.45, 2.75) is 13.8 Å². The van der Waals surface area contributed by atoms with E-state index in [4.69, 9.17) is 4.74 Å². The zero-order valence-electron chi connectivity index (χ0n) is 15.9. The molecule has 0 aliphatic carbocycles. The lowest BCUT2D eigenvalue weighted by Gasteiger charge is -2.09. The summed E-state index contributed by atoms with van der Waals surface area (Å²) in [4.78, 5) is 17.3. The second kappa shape index (κ2) is 7.15. The molecule has 1 amide bonds. The van der Waals surface area contributed by atoms with Crippen molar-refractivity contribution in [2.75, 3.05) is 12.4 Å². The van der Waals surface area contributed by atoms with Crippen molar-refractivity contribution in [1.82, 2.24) is 14.6 Å². The van der Waals surface area contributed by atoms with Crippen LogP contribution in [0.25, 0.3) is 16.8 Å². The Hall–Kier alpha value is -3.67. The highest BCUT2D eigenvalue weighted by molar-refractivity contribution is 6.05. The molecular weight excluding hydrogens is 352 g/mol. The van der Waals surface area contributed by atoms with Crippen LogP contribution in [-0.2, 0) is 0 Å². The van der Waals surface area contributed by atoms with Gasteiger partial charge in [0.25, 0.3) is 5.91 Å². The molecule has 6 nitrogen and oxygen atoms in total. The number of hydrogen-bond acceptors (Lipinski definition) is 4. The third-order valence-corrected chi connectivity index (χ3v) is 4.71. The highest BCUT2D eigenvalue weighted by atomic mass is 16.5. The molecule has 0 spiro atoms. The Morgan fingerprint density at radius 1 is 1.04 bits per heavy atom. The summed E-state index contributed by atoms with van der Waals surface area (Å²) in [6.45, 7) is 3.83. The molecule has 0 saturated carbocycles. The topological polar surface area (TPSA) is 68.5 Å². The van der Waals surface area contributed by atoms with E-state index in [1.165, 1.54) is 0 Å². The Bertz CT molecular complexity index is 1150. The van der Waals surface area contributed by atoms with Gasteiger partial charge in [0.1, 0.15) is 5.75 Å². The van der Waals surface area contributed by atoms with Crippen molar-refractivity contribution in [3.05, 3.63) is 77.7 Å². The first kappa shape index (κ1) is 17.7. The highest BCUT2D eigenvalue weighted by Crippen LogP contribution is 2.28. The molecular formula is C22H20N4O2. The molecule has 2 heterocycles. The van der Waals surface area contributed by atoms with Crippen LogP contribution in [0.1, 0.15) is 21.7 Å². The summed E-state index contributed by atoms with van der Waals surface area (Å²) in [5, 5.41) is 7.51. The van der Waals surface area contributed by atoms with Gasteiger partial charge in [0.2, 0.25) is 0 Å². The molecule has 2 aromatic heterocycles. The molecule has 0 saturated heterocycles. The van der Waals surface area contributed by atoms with E-state index in [0.29, 0.717) is 11.3 Å². The molecule has 140 valence electrons. The third-order valence-electron chi connectivity index (χ3n) is 4.71. The molecule has 1 N–H and O–H groups in total. The molecule has 0 aliphatic rings. The number of hydrogen-bond donors (Lipinski definition) is 1. The first-order chi connectivity index (χ1) is 13.6. The van der Waals surface area contributed by atoms with E-state index in [1.54, 1.807) is 42.1 Å². The van der Waals surface area contributed by atoms with Gasteiger partial charge in [-0.1, -0.05) is 30.3 Å². The summed E-state index contributed by atoms with van der Waals surface area (Å²) < 4.78 is 6.88. The van der Waals surface area contributed by atoms with Gasteiger partial charge < -0.3 is 10.1 Å². The maximum atomic E-state index is 12.8. The molecule has 6 heteroatoms. The monoisotopic (exact) mass is 372 g/mol. The maximum Gasteiger partial charge on any atom is 0.259 e. The number of nitrogens with one attached hydrogen (secondary N) is 1. The van der Waals surface area contributed by atoms with Crippen molar-refractivity contribution >= 4 is 17.2 Å². The van der Waals surface area contributed by atoms with Crippen LogP contribution in [-0.4, -0.2) is 27.6 Å². The summed E-state index contributed by atoms with van der Waals surface area (Å²) in [7, 11) is 1.60. The predicted molar refractivity (Wildman–Crippen MR) is 109 cm³/mol. The number of aryl methyl sites for hydroxylation is 2. The number of benzene rings is 2. The van der Waals surface area contributed by atoms with Crippen LogP contribution in [0.3, 0.4) is 0 Å². The van der Waals surface area contributed by atoms with E-state index in [9.17, 15) is 4.79 Å². The fraction of sp³-hybridized carbons (Fsp3) is 0.136. The van der Waals surface area contributed by atoms with Gasteiger partial charge in [0.15, 0.2) is 5.65 Å². The lowest BCUT2D eigenvalue weighted by molar-refractivity contribution is 0.102. The number of rotatable bonds is 4. The van der Waals surface area contributed by atoms with Gasteiger partial charge >= 0.3 is 0 Å². The second-order valence-corrected chi connectivity index (χ2v) is 6.50. The fourth-order valence-electron chi connectivity index (χ4n) is 3.24. The fourth-order valence-corrected chi connectivity index (χ4v) is 3.24. The summed E-state index contributed by atoms with van der Waals surface area (Å²) >= 11 is 0. The summed E-state index contributed by atoms with van der Waals surface area (Å²) in [5.41, 5.74) is 5.54. The van der Waals surface area contributed by atoms with Crippen molar-refractivity contribution in [3.8, 4) is 16.9 Å². The van der Waals surface area contributed by atoms with Gasteiger partial charge in [-0.15, -0.1) is 0 Å². The third kappa shape index (κ3) is 3.09. The number of methoxy groups -OCH3 is 1. The SMILES string of the molecule is COc1ccc(NC(=O)c2cnc3c(-c4ccccc4)c(C)nn3c2C)cc1. The zero-order valence-corrected chi connectivity index (χ0v) is 15.9. The Morgan fingerprint density at radius 2 is 1.75 bits per heavy atom. The van der Waals surface area contributed by atoms with E-state index in [-0.39, 0.29) is 5.91 Å². The molecule has 0 bridgehead atoms. The van der Waals surface area contributed by atoms with Gasteiger partial charge in [0, 0.05) is 17.4 Å². The van der Waals surface area contributed by atoms with Crippen molar-refractivity contribution < 1.29 is 9.53 Å². The minimum atomic E-state index is -0.230. The van der Waals surface area contributed by atoms with Crippen LogP contribution < -0.4 is 10.1 Å². The van der Waals surface area contributed by atoms with Gasteiger partial charge in [-0.3, -0.25) is 4.79 Å². The van der Waals surface area contributed by atoms with E-state index in [2.05, 4.69) is 15.4 Å². The molecule has 0 unspecified atom stereocenters. The van der Waals surface area contributed by atoms with Crippen molar-refractivity contribution in [1.29, 1.82) is 0 Å². The van der Waals surface area contributed by atoms with Crippen molar-refractivity contribution in [3.63, 3.8) is 0 Å². The first-order valence-corrected chi connectivity index (χ1v) is 8.94. The number of carbonyl (C=O) groups excluding carboxylic acids is 1. The lowest BCUT2D eigenvalue weighted by atomic mass is 10.1. The molecule has 2 aromatic carbocycles. The molecule has 28 heavy (non-hydrogen) atoms. The summed E-state index contributed by atoms with van der Waals surface area (Å²) in [6, 6.07) is 17.2. The van der Waals surface area contributed by atoms with Gasteiger partial charge in [-0.25, -0.2) is 9.50 Å². The van der Waals surface area contributed by atoms with Gasteiger partial charge in [-0.2, -0.15) is 5.10 Å². The Labute approximate surface area is 162 Å². The van der Waals surface area contributed by atoms with Crippen LogP contribution in [0, 0.1) is 13.8 Å². The number of amides is 1. The average Bonchev–Trinajstić information content (AvgIpc) is 3.06. The van der Waals surface area contributed by atoms with E-state index in [0.717, 1.165) is 33.9 Å². The Morgan fingerprint density at radius 3 is 2.43 bits per heavy atom. The molecule has 0 radical (unpaired) electrons. The highest BCUT2D eigenvalue weighted by Gasteiger charge is 2.18. The minimum Gasteiger partial charge on any atom is -0.497 e. The largest absolute Gasteiger partial charge is 0.497 e. The van der Waals surface area contributed by atoms with Crippen LogP contribution in [0.4, 0.5) is 5.69 Å².